The van der Waals surface area contributed by atoms with Crippen molar-refractivity contribution >= 4 is 28.9 Å². The second-order valence-electron chi connectivity index (χ2n) is 7.76. The van der Waals surface area contributed by atoms with E-state index in [1.165, 1.54) is 31.0 Å². The molecule has 4 bridgehead atoms. The van der Waals surface area contributed by atoms with Crippen LogP contribution in [-0.2, 0) is 4.79 Å². The van der Waals surface area contributed by atoms with Crippen molar-refractivity contribution in [2.24, 2.45) is 23.2 Å². The van der Waals surface area contributed by atoms with Gasteiger partial charge in [0.2, 0.25) is 0 Å². The highest BCUT2D eigenvalue weighted by Gasteiger charge is 2.54. The van der Waals surface area contributed by atoms with Gasteiger partial charge in [0.1, 0.15) is 5.78 Å². The first-order valence-electron chi connectivity index (χ1n) is 8.74. The van der Waals surface area contributed by atoms with Gasteiger partial charge in [-0.05, 0) is 67.7 Å². The molecular weight excluding hydrogens is 340 g/mol. The third kappa shape index (κ3) is 2.54. The molecular formula is C18H20N2O2S2. The van der Waals surface area contributed by atoms with E-state index >= 15 is 0 Å². The summed E-state index contributed by atoms with van der Waals surface area (Å²) in [5.41, 5.74) is -0.0294. The SMILES string of the molecule is O=C(CSc1nnc(-c2cccs2)o1)C12CC3CC(CC(C3)C1)C2. The molecule has 6 heteroatoms. The van der Waals surface area contributed by atoms with Crippen molar-refractivity contribution in [3.63, 3.8) is 0 Å². The summed E-state index contributed by atoms with van der Waals surface area (Å²) in [6.45, 7) is 0. The fourth-order valence-corrected chi connectivity index (χ4v) is 6.94. The summed E-state index contributed by atoms with van der Waals surface area (Å²) in [5.74, 6) is 3.85. The van der Waals surface area contributed by atoms with E-state index in [9.17, 15) is 4.79 Å². The third-order valence-electron chi connectivity index (χ3n) is 6.09. The lowest BCUT2D eigenvalue weighted by Crippen LogP contribution is -2.50. The maximum absolute atomic E-state index is 13.0. The molecule has 0 saturated heterocycles. The van der Waals surface area contributed by atoms with Crippen LogP contribution in [0, 0.1) is 23.2 Å². The Balaban J connectivity index is 1.26. The van der Waals surface area contributed by atoms with Gasteiger partial charge in [-0.1, -0.05) is 17.8 Å². The summed E-state index contributed by atoms with van der Waals surface area (Å²) < 4.78 is 5.70. The van der Waals surface area contributed by atoms with Gasteiger partial charge in [0.15, 0.2) is 0 Å². The summed E-state index contributed by atoms with van der Waals surface area (Å²) in [5, 5.41) is 10.7. The Bertz CT molecular complexity index is 718. The lowest BCUT2D eigenvalue weighted by molar-refractivity contribution is -0.141. The molecule has 4 nitrogen and oxygen atoms in total. The van der Waals surface area contributed by atoms with E-state index in [1.54, 1.807) is 11.3 Å². The zero-order valence-corrected chi connectivity index (χ0v) is 15.1. The van der Waals surface area contributed by atoms with E-state index in [4.69, 9.17) is 4.42 Å². The largest absolute Gasteiger partial charge is 0.410 e. The van der Waals surface area contributed by atoms with Crippen LogP contribution in [0.2, 0.25) is 0 Å². The number of carbonyl (C=O) groups is 1. The standard InChI is InChI=1S/C18H20N2O2S2/c21-15(18-7-11-4-12(8-18)6-13(5-11)9-18)10-24-17-20-19-16(22-17)14-2-1-3-23-14/h1-3,11-13H,4-10H2. The van der Waals surface area contributed by atoms with E-state index in [0.29, 0.717) is 22.6 Å². The van der Waals surface area contributed by atoms with Gasteiger partial charge >= 0.3 is 0 Å². The highest BCUT2D eigenvalue weighted by atomic mass is 32.2. The van der Waals surface area contributed by atoms with Crippen molar-refractivity contribution in [2.45, 2.75) is 43.7 Å². The molecule has 0 aliphatic heterocycles. The third-order valence-corrected chi connectivity index (χ3v) is 7.77. The number of hydrogen-bond donors (Lipinski definition) is 0. The molecule has 2 aromatic heterocycles. The van der Waals surface area contributed by atoms with E-state index in [-0.39, 0.29) is 5.41 Å². The number of thioether (sulfide) groups is 1. The van der Waals surface area contributed by atoms with Gasteiger partial charge in [0.05, 0.1) is 10.6 Å². The minimum absolute atomic E-state index is 0.0294. The molecule has 0 spiro atoms. The molecule has 126 valence electrons. The smallest absolute Gasteiger partial charge is 0.277 e. The van der Waals surface area contributed by atoms with Gasteiger partial charge in [0.25, 0.3) is 11.1 Å². The molecule has 24 heavy (non-hydrogen) atoms. The van der Waals surface area contributed by atoms with Crippen LogP contribution in [0.5, 0.6) is 0 Å². The van der Waals surface area contributed by atoms with Gasteiger partial charge in [0, 0.05) is 5.41 Å². The molecule has 0 unspecified atom stereocenters. The van der Waals surface area contributed by atoms with Crippen LogP contribution in [0.15, 0.2) is 27.2 Å². The second-order valence-corrected chi connectivity index (χ2v) is 9.63. The number of thiophene rings is 1. The average Bonchev–Trinajstić information content (AvgIpc) is 3.22. The van der Waals surface area contributed by atoms with Crippen LogP contribution in [0.1, 0.15) is 38.5 Å². The van der Waals surface area contributed by atoms with Crippen molar-refractivity contribution in [3.8, 4) is 10.8 Å². The van der Waals surface area contributed by atoms with Gasteiger partial charge < -0.3 is 4.42 Å². The molecule has 6 rings (SSSR count). The molecule has 0 aromatic carbocycles. The Hall–Kier alpha value is -1.14. The van der Waals surface area contributed by atoms with Crippen molar-refractivity contribution in [1.29, 1.82) is 0 Å². The number of hydrogen-bond acceptors (Lipinski definition) is 6. The predicted octanol–water partition coefficient (Wildman–Crippen LogP) is 4.68. The van der Waals surface area contributed by atoms with E-state index in [1.807, 2.05) is 17.5 Å². The van der Waals surface area contributed by atoms with E-state index < -0.39 is 0 Å². The first-order valence-corrected chi connectivity index (χ1v) is 10.6. The van der Waals surface area contributed by atoms with Crippen LogP contribution < -0.4 is 0 Å². The molecule has 4 aliphatic carbocycles. The van der Waals surface area contributed by atoms with Crippen LogP contribution in [-0.4, -0.2) is 21.7 Å². The summed E-state index contributed by atoms with van der Waals surface area (Å²) in [4.78, 5) is 14.0. The van der Waals surface area contributed by atoms with Gasteiger partial charge in [-0.25, -0.2) is 0 Å². The number of carbonyl (C=O) groups excluding carboxylic acids is 1. The average molecular weight is 361 g/mol. The Kier molecular flexibility index (Phi) is 3.59. The molecule has 0 N–H and O–H groups in total. The summed E-state index contributed by atoms with van der Waals surface area (Å²) in [7, 11) is 0. The summed E-state index contributed by atoms with van der Waals surface area (Å²) in [6.07, 6.45) is 7.49. The predicted molar refractivity (Wildman–Crippen MR) is 93.9 cm³/mol. The van der Waals surface area contributed by atoms with Gasteiger partial charge in [-0.3, -0.25) is 4.79 Å². The van der Waals surface area contributed by atoms with Gasteiger partial charge in [-0.2, -0.15) is 0 Å². The number of aromatic nitrogens is 2. The molecule has 0 radical (unpaired) electrons. The summed E-state index contributed by atoms with van der Waals surface area (Å²) in [6, 6.07) is 3.93. The molecule has 4 fully saturated rings. The first-order chi connectivity index (χ1) is 11.7. The minimum atomic E-state index is -0.0294. The van der Waals surface area contributed by atoms with Crippen LogP contribution in [0.4, 0.5) is 0 Å². The number of Topliss-reactive ketones (excluding diaryl/α,β-unsaturated/α-hetero) is 1. The number of nitrogens with zero attached hydrogens (tertiary/aromatic N) is 2. The Morgan fingerprint density at radius 2 is 1.92 bits per heavy atom. The topological polar surface area (TPSA) is 56.0 Å². The van der Waals surface area contributed by atoms with Crippen molar-refractivity contribution < 1.29 is 9.21 Å². The molecule has 0 atom stereocenters. The second kappa shape index (κ2) is 5.70. The lowest BCUT2D eigenvalue weighted by atomic mass is 9.48. The van der Waals surface area contributed by atoms with E-state index in [2.05, 4.69) is 10.2 Å². The summed E-state index contributed by atoms with van der Waals surface area (Å²) >= 11 is 2.99. The van der Waals surface area contributed by atoms with E-state index in [0.717, 1.165) is 41.9 Å². The Morgan fingerprint density at radius 1 is 1.21 bits per heavy atom. The zero-order valence-electron chi connectivity index (χ0n) is 13.4. The fourth-order valence-electron chi connectivity index (χ4n) is 5.50. The monoisotopic (exact) mass is 360 g/mol. The molecule has 4 saturated carbocycles. The molecule has 4 aliphatic rings. The Labute approximate surface area is 149 Å². The van der Waals surface area contributed by atoms with Crippen LogP contribution in [0.25, 0.3) is 10.8 Å². The zero-order chi connectivity index (χ0) is 16.1. The highest BCUT2D eigenvalue weighted by molar-refractivity contribution is 7.99. The van der Waals surface area contributed by atoms with Crippen molar-refractivity contribution in [1.82, 2.24) is 10.2 Å². The fraction of sp³-hybridized carbons (Fsp3) is 0.611. The van der Waals surface area contributed by atoms with Crippen LogP contribution >= 0.6 is 23.1 Å². The minimum Gasteiger partial charge on any atom is -0.410 e. The van der Waals surface area contributed by atoms with Gasteiger partial charge in [-0.15, -0.1) is 21.5 Å². The van der Waals surface area contributed by atoms with Crippen LogP contribution in [0.3, 0.4) is 0 Å². The molecule has 0 amide bonds. The highest BCUT2D eigenvalue weighted by Crippen LogP contribution is 2.60. The quantitative estimate of drug-likeness (QED) is 0.725. The Morgan fingerprint density at radius 3 is 2.54 bits per heavy atom. The maximum atomic E-state index is 13.0. The molecule has 2 aromatic rings. The number of ketones is 1. The number of rotatable bonds is 5. The molecule has 2 heterocycles. The lowest BCUT2D eigenvalue weighted by Gasteiger charge is -2.55. The first kappa shape index (κ1) is 15.1. The maximum Gasteiger partial charge on any atom is 0.277 e. The van der Waals surface area contributed by atoms with Crippen molar-refractivity contribution in [2.75, 3.05) is 5.75 Å². The normalized spacial score (nSPS) is 33.9. The van der Waals surface area contributed by atoms with Crippen molar-refractivity contribution in [3.05, 3.63) is 17.5 Å².